The van der Waals surface area contributed by atoms with Crippen molar-refractivity contribution in [1.29, 1.82) is 0 Å². The first-order valence-electron chi connectivity index (χ1n) is 5.05. The second-order valence-electron chi connectivity index (χ2n) is 3.81. The van der Waals surface area contributed by atoms with Crippen LogP contribution in [0.3, 0.4) is 0 Å². The van der Waals surface area contributed by atoms with Crippen LogP contribution in [0.1, 0.15) is 0 Å². The highest BCUT2D eigenvalue weighted by Gasteiger charge is 2.14. The van der Waals surface area contributed by atoms with Gasteiger partial charge in [-0.15, -0.1) is 0 Å². The summed E-state index contributed by atoms with van der Waals surface area (Å²) in [7, 11) is 0. The summed E-state index contributed by atoms with van der Waals surface area (Å²) in [6.45, 7) is 0. The van der Waals surface area contributed by atoms with Crippen molar-refractivity contribution in [2.75, 3.05) is 0 Å². The van der Waals surface area contributed by atoms with Gasteiger partial charge in [-0.25, -0.2) is 13.2 Å². The lowest BCUT2D eigenvalue weighted by Gasteiger charge is -2.04. The third kappa shape index (κ3) is 1.46. The predicted molar refractivity (Wildman–Crippen MR) is 60.2 cm³/mol. The minimum Gasteiger partial charge on any atom is -0.203 e. The van der Waals surface area contributed by atoms with Gasteiger partial charge in [0.2, 0.25) is 0 Å². The van der Waals surface area contributed by atoms with E-state index in [2.05, 4.69) is 6.07 Å². The average molecular weight is 231 g/mol. The Kier molecular flexibility index (Phi) is 2.08. The third-order valence-corrected chi connectivity index (χ3v) is 2.75. The molecule has 3 aromatic carbocycles. The Bertz CT molecular complexity index is 732. The van der Waals surface area contributed by atoms with E-state index in [1.54, 1.807) is 18.2 Å². The Morgan fingerprint density at radius 1 is 0.824 bits per heavy atom. The molecular weight excluding hydrogens is 225 g/mol. The summed E-state index contributed by atoms with van der Waals surface area (Å²) in [6, 6.07) is 12.5. The van der Waals surface area contributed by atoms with Crippen LogP contribution in [0.4, 0.5) is 13.2 Å². The van der Waals surface area contributed by atoms with Gasteiger partial charge in [0, 0.05) is 11.5 Å². The molecule has 0 aliphatic rings. The van der Waals surface area contributed by atoms with Gasteiger partial charge in [0.15, 0.2) is 17.5 Å². The Morgan fingerprint density at radius 3 is 2.18 bits per heavy atom. The van der Waals surface area contributed by atoms with Gasteiger partial charge in [0.1, 0.15) is 0 Å². The number of benzene rings is 3. The van der Waals surface area contributed by atoms with Crippen molar-refractivity contribution < 1.29 is 13.2 Å². The monoisotopic (exact) mass is 231 g/mol. The van der Waals surface area contributed by atoms with Gasteiger partial charge >= 0.3 is 0 Å². The fraction of sp³-hybridized carbons (Fsp3) is 0. The van der Waals surface area contributed by atoms with Crippen molar-refractivity contribution in [2.24, 2.45) is 0 Å². The van der Waals surface area contributed by atoms with Crippen molar-refractivity contribution in [2.45, 2.75) is 0 Å². The van der Waals surface area contributed by atoms with E-state index in [9.17, 15) is 13.2 Å². The molecule has 0 aromatic heterocycles. The van der Waals surface area contributed by atoms with Crippen molar-refractivity contribution in [1.82, 2.24) is 0 Å². The number of hydrogen-bond donors (Lipinski definition) is 0. The largest absolute Gasteiger partial charge is 0.203 e. The first-order chi connectivity index (χ1) is 8.16. The fourth-order valence-electron chi connectivity index (χ4n) is 1.91. The first-order valence-corrected chi connectivity index (χ1v) is 5.05. The van der Waals surface area contributed by atoms with Crippen LogP contribution in [0.25, 0.3) is 21.5 Å². The van der Waals surface area contributed by atoms with E-state index in [0.717, 1.165) is 10.8 Å². The maximum atomic E-state index is 13.6. The van der Waals surface area contributed by atoms with E-state index < -0.39 is 17.5 Å². The van der Waals surface area contributed by atoms with E-state index in [4.69, 9.17) is 0 Å². The van der Waals surface area contributed by atoms with Gasteiger partial charge in [-0.05, 0) is 28.3 Å². The molecule has 0 nitrogen and oxygen atoms in total. The predicted octanol–water partition coefficient (Wildman–Crippen LogP) is 4.21. The summed E-state index contributed by atoms with van der Waals surface area (Å²) < 4.78 is 39.7. The van der Waals surface area contributed by atoms with E-state index in [1.165, 1.54) is 6.07 Å². The van der Waals surface area contributed by atoms with E-state index in [-0.39, 0.29) is 10.8 Å². The zero-order chi connectivity index (χ0) is 12.0. The minimum absolute atomic E-state index is 0.0441. The Labute approximate surface area is 95.3 Å². The van der Waals surface area contributed by atoms with Gasteiger partial charge < -0.3 is 0 Å². The second kappa shape index (κ2) is 3.48. The van der Waals surface area contributed by atoms with Crippen LogP contribution in [0.2, 0.25) is 0 Å². The topological polar surface area (TPSA) is 0 Å². The molecular formula is C14H6F3. The van der Waals surface area contributed by atoms with E-state index >= 15 is 0 Å². The molecule has 0 saturated heterocycles. The van der Waals surface area contributed by atoms with Crippen molar-refractivity contribution in [3.05, 3.63) is 59.9 Å². The number of fused-ring (bicyclic) bond motifs is 2. The summed E-state index contributed by atoms with van der Waals surface area (Å²) in [5.74, 6) is -3.93. The van der Waals surface area contributed by atoms with Crippen LogP contribution >= 0.6 is 0 Å². The molecule has 17 heavy (non-hydrogen) atoms. The van der Waals surface area contributed by atoms with E-state index in [1.807, 2.05) is 12.1 Å². The highest BCUT2D eigenvalue weighted by atomic mass is 19.2. The number of hydrogen-bond acceptors (Lipinski definition) is 0. The zero-order valence-electron chi connectivity index (χ0n) is 8.60. The molecule has 0 heterocycles. The molecule has 3 heteroatoms. The molecule has 0 fully saturated rings. The van der Waals surface area contributed by atoms with Crippen LogP contribution in [-0.2, 0) is 0 Å². The van der Waals surface area contributed by atoms with Crippen molar-refractivity contribution in [3.63, 3.8) is 0 Å². The summed E-state index contributed by atoms with van der Waals surface area (Å²) in [6.07, 6.45) is 0. The molecule has 0 bridgehead atoms. The number of halogens is 3. The van der Waals surface area contributed by atoms with Crippen LogP contribution in [0.5, 0.6) is 0 Å². The lowest BCUT2D eigenvalue weighted by molar-refractivity contribution is 0.452. The summed E-state index contributed by atoms with van der Waals surface area (Å²) in [5.41, 5.74) is 0. The van der Waals surface area contributed by atoms with Gasteiger partial charge in [-0.1, -0.05) is 24.3 Å². The lowest BCUT2D eigenvalue weighted by atomic mass is 10.0. The molecule has 3 aromatic rings. The van der Waals surface area contributed by atoms with Gasteiger partial charge in [0.05, 0.1) is 0 Å². The molecule has 3 rings (SSSR count). The Balaban J connectivity index is 2.52. The molecule has 83 valence electrons. The summed E-state index contributed by atoms with van der Waals surface area (Å²) in [5, 5.41) is 1.89. The maximum absolute atomic E-state index is 13.6. The molecule has 0 aliphatic carbocycles. The molecule has 0 spiro atoms. The standard InChI is InChI=1S/C14H6F3/c15-12-7-10-5-8-3-1-2-4-9(8)6-11(10)13(16)14(12)17/h1-6H. The molecule has 0 aliphatic heterocycles. The first kappa shape index (κ1) is 10.1. The van der Waals surface area contributed by atoms with Crippen LogP contribution in [0, 0.1) is 23.5 Å². The minimum atomic E-state index is -1.48. The Hall–Kier alpha value is -2.03. The molecule has 1 radical (unpaired) electrons. The third-order valence-electron chi connectivity index (χ3n) is 2.75. The van der Waals surface area contributed by atoms with Crippen LogP contribution in [-0.4, -0.2) is 0 Å². The normalized spacial score (nSPS) is 11.2. The summed E-state index contributed by atoms with van der Waals surface area (Å²) >= 11 is 0. The fourth-order valence-corrected chi connectivity index (χ4v) is 1.91. The summed E-state index contributed by atoms with van der Waals surface area (Å²) in [4.78, 5) is 0. The highest BCUT2D eigenvalue weighted by Crippen LogP contribution is 2.27. The highest BCUT2D eigenvalue weighted by molar-refractivity contribution is 5.98. The van der Waals surface area contributed by atoms with Crippen LogP contribution in [0.15, 0.2) is 36.4 Å². The molecule has 0 N–H and O–H groups in total. The SMILES string of the molecule is Fc1[c]c2cc3ccccc3cc2c(F)c1F. The molecule has 0 amide bonds. The lowest BCUT2D eigenvalue weighted by Crippen LogP contribution is -1.92. The van der Waals surface area contributed by atoms with Gasteiger partial charge in [0.25, 0.3) is 0 Å². The molecule has 0 unspecified atom stereocenters. The number of rotatable bonds is 0. The quantitative estimate of drug-likeness (QED) is 0.401. The smallest absolute Gasteiger partial charge is 0.195 e. The second-order valence-corrected chi connectivity index (χ2v) is 3.81. The van der Waals surface area contributed by atoms with E-state index in [0.29, 0.717) is 0 Å². The molecule has 0 saturated carbocycles. The van der Waals surface area contributed by atoms with Gasteiger partial charge in [-0.3, -0.25) is 0 Å². The zero-order valence-corrected chi connectivity index (χ0v) is 8.60. The van der Waals surface area contributed by atoms with Crippen molar-refractivity contribution >= 4 is 21.5 Å². The van der Waals surface area contributed by atoms with Gasteiger partial charge in [-0.2, -0.15) is 0 Å². The maximum Gasteiger partial charge on any atom is 0.195 e. The van der Waals surface area contributed by atoms with Crippen LogP contribution < -0.4 is 0 Å². The van der Waals surface area contributed by atoms with Crippen molar-refractivity contribution in [3.8, 4) is 0 Å². The Morgan fingerprint density at radius 2 is 1.47 bits per heavy atom. The molecule has 0 atom stereocenters. The average Bonchev–Trinajstić information content (AvgIpc) is 2.34.